The van der Waals surface area contributed by atoms with Gasteiger partial charge >= 0.3 is 6.09 Å². The minimum absolute atomic E-state index is 0.0418. The van der Waals surface area contributed by atoms with Crippen molar-refractivity contribution in [3.63, 3.8) is 0 Å². The van der Waals surface area contributed by atoms with E-state index in [1.807, 2.05) is 0 Å². The third kappa shape index (κ3) is 2.78. The lowest BCUT2D eigenvalue weighted by atomic mass is 9.90. The van der Waals surface area contributed by atoms with E-state index in [4.69, 9.17) is 4.74 Å². The van der Waals surface area contributed by atoms with Gasteiger partial charge in [0.25, 0.3) is 0 Å². The maximum absolute atomic E-state index is 12.8. The van der Waals surface area contributed by atoms with Crippen molar-refractivity contribution in [2.24, 2.45) is 5.41 Å². The van der Waals surface area contributed by atoms with Crippen LogP contribution in [0.2, 0.25) is 0 Å². The number of fused-ring (bicyclic) bond motifs is 1. The van der Waals surface area contributed by atoms with Gasteiger partial charge in [-0.05, 0) is 51.5 Å². The third-order valence-electron chi connectivity index (χ3n) is 6.97. The van der Waals surface area contributed by atoms with Gasteiger partial charge < -0.3 is 24.7 Å². The number of rotatable bonds is 3. The van der Waals surface area contributed by atoms with Crippen molar-refractivity contribution in [2.45, 2.75) is 63.4 Å². The standard InChI is InChI=1S/C18H29N3O5/c1-12-15(23)21-13(10-26-17(21,2)11-20(12)16(24)25)3-7-19-8-6-18(4-5-18)14(22)9-19/h12-14,22H,3-11H2,1-2H3,(H,24,25)/t12-,13-,14?,17+/m0/s1. The molecule has 4 aliphatic rings. The lowest BCUT2D eigenvalue weighted by Crippen LogP contribution is -2.67. The molecule has 1 aliphatic carbocycles. The van der Waals surface area contributed by atoms with Crippen molar-refractivity contribution in [3.05, 3.63) is 0 Å². The fourth-order valence-electron chi connectivity index (χ4n) is 4.93. The van der Waals surface area contributed by atoms with Crippen molar-refractivity contribution < 1.29 is 24.5 Å². The Hall–Kier alpha value is -1.38. The van der Waals surface area contributed by atoms with Crippen molar-refractivity contribution in [2.75, 3.05) is 32.8 Å². The van der Waals surface area contributed by atoms with Gasteiger partial charge in [0.1, 0.15) is 6.04 Å². The number of piperidine rings is 1. The van der Waals surface area contributed by atoms with Crippen molar-refractivity contribution >= 4 is 12.0 Å². The van der Waals surface area contributed by atoms with Crippen LogP contribution in [0.3, 0.4) is 0 Å². The summed E-state index contributed by atoms with van der Waals surface area (Å²) in [5.74, 6) is -0.181. The van der Waals surface area contributed by atoms with Gasteiger partial charge in [-0.25, -0.2) is 4.79 Å². The fourth-order valence-corrected chi connectivity index (χ4v) is 4.93. The van der Waals surface area contributed by atoms with E-state index in [9.17, 15) is 19.8 Å². The number of β-amino-alcohol motifs (C(OH)–C–C–N with tert-alkyl or cyclic N) is 1. The van der Waals surface area contributed by atoms with Crippen LogP contribution in [0, 0.1) is 5.41 Å². The Morgan fingerprint density at radius 3 is 2.69 bits per heavy atom. The second kappa shape index (κ2) is 6.07. The van der Waals surface area contributed by atoms with E-state index in [-0.39, 0.29) is 30.0 Å². The summed E-state index contributed by atoms with van der Waals surface area (Å²) in [6.07, 6.45) is 2.81. The molecule has 1 unspecified atom stereocenters. The zero-order chi connectivity index (χ0) is 18.7. The fraction of sp³-hybridized carbons (Fsp3) is 0.889. The van der Waals surface area contributed by atoms with Crippen LogP contribution >= 0.6 is 0 Å². The normalized spacial score (nSPS) is 39.3. The number of hydrogen-bond donors (Lipinski definition) is 2. The predicted octanol–water partition coefficient (Wildman–Crippen LogP) is 0.549. The summed E-state index contributed by atoms with van der Waals surface area (Å²) in [5.41, 5.74) is -0.684. The molecule has 4 rings (SSSR count). The molecule has 0 aromatic carbocycles. The zero-order valence-electron chi connectivity index (χ0n) is 15.6. The first kappa shape index (κ1) is 18.0. The molecule has 2 N–H and O–H groups in total. The highest BCUT2D eigenvalue weighted by Gasteiger charge is 2.55. The molecule has 0 radical (unpaired) electrons. The zero-order valence-corrected chi connectivity index (χ0v) is 15.6. The Morgan fingerprint density at radius 2 is 2.08 bits per heavy atom. The van der Waals surface area contributed by atoms with Crippen LogP contribution < -0.4 is 0 Å². The summed E-state index contributed by atoms with van der Waals surface area (Å²) in [6, 6.07) is -0.726. The van der Waals surface area contributed by atoms with Crippen molar-refractivity contribution in [1.29, 1.82) is 0 Å². The molecular formula is C18H29N3O5. The second-order valence-corrected chi connectivity index (χ2v) is 8.65. The summed E-state index contributed by atoms with van der Waals surface area (Å²) >= 11 is 0. The first-order chi connectivity index (χ1) is 12.3. The molecule has 8 heteroatoms. The summed E-state index contributed by atoms with van der Waals surface area (Å²) in [7, 11) is 0. The molecule has 1 spiro atoms. The molecule has 3 saturated heterocycles. The minimum atomic E-state index is -1.09. The molecule has 1 saturated carbocycles. The lowest BCUT2D eigenvalue weighted by molar-refractivity contribution is -0.169. The van der Waals surface area contributed by atoms with Gasteiger partial charge in [-0.2, -0.15) is 0 Å². The number of piperazine rings is 1. The molecule has 146 valence electrons. The number of carboxylic acid groups (broad SMARTS) is 1. The van der Waals surface area contributed by atoms with Crippen LogP contribution in [0.4, 0.5) is 4.79 Å². The molecule has 2 amide bonds. The average molecular weight is 367 g/mol. The van der Waals surface area contributed by atoms with Gasteiger partial charge in [-0.1, -0.05) is 0 Å². The van der Waals surface area contributed by atoms with E-state index in [2.05, 4.69) is 4.90 Å². The van der Waals surface area contributed by atoms with Gasteiger partial charge in [0.2, 0.25) is 5.91 Å². The lowest BCUT2D eigenvalue weighted by Gasteiger charge is -2.47. The largest absolute Gasteiger partial charge is 0.465 e. The van der Waals surface area contributed by atoms with Crippen LogP contribution in [0.1, 0.15) is 39.5 Å². The quantitative estimate of drug-likeness (QED) is 0.757. The van der Waals surface area contributed by atoms with Crippen LogP contribution in [0.5, 0.6) is 0 Å². The van der Waals surface area contributed by atoms with E-state index in [1.165, 1.54) is 0 Å². The Balaban J connectivity index is 1.38. The molecule has 0 bridgehead atoms. The SMILES string of the molecule is C[C@H]1C(=O)N2[C@@H](CCN3CCC4(CC4)C(O)C3)CO[C@]2(C)CN1C(=O)O. The number of carbonyl (C=O) groups excluding carboxylic acids is 1. The monoisotopic (exact) mass is 367 g/mol. The highest BCUT2D eigenvalue weighted by atomic mass is 16.5. The van der Waals surface area contributed by atoms with Gasteiger partial charge in [0, 0.05) is 13.1 Å². The van der Waals surface area contributed by atoms with Gasteiger partial charge in [0.05, 0.1) is 25.3 Å². The average Bonchev–Trinajstić information content (AvgIpc) is 3.29. The predicted molar refractivity (Wildman–Crippen MR) is 92.5 cm³/mol. The minimum Gasteiger partial charge on any atom is -0.465 e. The number of carbonyl (C=O) groups is 2. The molecule has 8 nitrogen and oxygen atoms in total. The summed E-state index contributed by atoms with van der Waals surface area (Å²) in [4.78, 5) is 29.4. The van der Waals surface area contributed by atoms with E-state index in [1.54, 1.807) is 18.7 Å². The smallest absolute Gasteiger partial charge is 0.408 e. The first-order valence-corrected chi connectivity index (χ1v) is 9.63. The molecule has 3 aliphatic heterocycles. The number of nitrogens with zero attached hydrogens (tertiary/aromatic N) is 3. The number of amides is 2. The highest BCUT2D eigenvalue weighted by Crippen LogP contribution is 2.53. The van der Waals surface area contributed by atoms with Crippen LogP contribution in [-0.4, -0.2) is 93.6 Å². The maximum atomic E-state index is 12.8. The van der Waals surface area contributed by atoms with Gasteiger partial charge in [-0.3, -0.25) is 9.69 Å². The van der Waals surface area contributed by atoms with Crippen LogP contribution in [0.25, 0.3) is 0 Å². The summed E-state index contributed by atoms with van der Waals surface area (Å²) < 4.78 is 5.89. The molecular weight excluding hydrogens is 338 g/mol. The molecule has 3 heterocycles. The molecule has 4 fully saturated rings. The van der Waals surface area contributed by atoms with Crippen LogP contribution in [-0.2, 0) is 9.53 Å². The summed E-state index contributed by atoms with van der Waals surface area (Å²) in [6.45, 7) is 6.58. The number of likely N-dealkylation sites (tertiary alicyclic amines) is 1. The number of aliphatic hydroxyl groups is 1. The van der Waals surface area contributed by atoms with Crippen LogP contribution in [0.15, 0.2) is 0 Å². The first-order valence-electron chi connectivity index (χ1n) is 9.63. The number of aliphatic hydroxyl groups excluding tert-OH is 1. The van der Waals surface area contributed by atoms with E-state index < -0.39 is 17.9 Å². The second-order valence-electron chi connectivity index (χ2n) is 8.65. The third-order valence-corrected chi connectivity index (χ3v) is 6.97. The maximum Gasteiger partial charge on any atom is 0.408 e. The Labute approximate surface area is 153 Å². The van der Waals surface area contributed by atoms with Crippen molar-refractivity contribution in [1.82, 2.24) is 14.7 Å². The van der Waals surface area contributed by atoms with E-state index in [0.29, 0.717) is 13.2 Å². The molecule has 26 heavy (non-hydrogen) atoms. The van der Waals surface area contributed by atoms with Gasteiger partial charge in [0.15, 0.2) is 5.72 Å². The molecule has 4 atom stereocenters. The van der Waals surface area contributed by atoms with Crippen molar-refractivity contribution in [3.8, 4) is 0 Å². The highest BCUT2D eigenvalue weighted by molar-refractivity contribution is 5.87. The summed E-state index contributed by atoms with van der Waals surface area (Å²) in [5, 5.41) is 19.7. The molecule has 0 aromatic rings. The van der Waals surface area contributed by atoms with E-state index in [0.717, 1.165) is 43.7 Å². The number of hydrogen-bond acceptors (Lipinski definition) is 5. The number of ether oxygens (including phenoxy) is 1. The van der Waals surface area contributed by atoms with Gasteiger partial charge in [-0.15, -0.1) is 0 Å². The molecule has 0 aromatic heterocycles. The topological polar surface area (TPSA) is 93.6 Å². The Kier molecular flexibility index (Phi) is 4.20. The Bertz CT molecular complexity index is 610. The van der Waals surface area contributed by atoms with E-state index >= 15 is 0 Å². The Morgan fingerprint density at radius 1 is 1.35 bits per heavy atom.